The third kappa shape index (κ3) is 5.41. The average molecular weight is 519 g/mol. The highest BCUT2D eigenvalue weighted by molar-refractivity contribution is 7.18. The molecule has 0 radical (unpaired) electrons. The second-order valence-electron chi connectivity index (χ2n) is 7.44. The molecule has 4 heterocycles. The van der Waals surface area contributed by atoms with Gasteiger partial charge in [-0.2, -0.15) is 10.4 Å². The molecule has 0 fully saturated rings. The van der Waals surface area contributed by atoms with E-state index in [-0.39, 0.29) is 5.91 Å². The Morgan fingerprint density at radius 3 is 2.33 bits per heavy atom. The maximum absolute atomic E-state index is 12.5. The minimum atomic E-state index is -0.414. The predicted octanol–water partition coefficient (Wildman–Crippen LogP) is 4.26. The maximum atomic E-state index is 12.5. The lowest BCUT2D eigenvalue weighted by molar-refractivity contribution is 0.101. The molecule has 5 rings (SSSR count). The van der Waals surface area contributed by atoms with Crippen molar-refractivity contribution in [2.24, 2.45) is 14.1 Å². The fourth-order valence-electron chi connectivity index (χ4n) is 3.28. The number of rotatable bonds is 5. The molecular formula is C24H19ClN8O2S. The molecule has 0 saturated heterocycles. The zero-order valence-corrected chi connectivity index (χ0v) is 20.7. The molecule has 1 aromatic carbocycles. The Labute approximate surface area is 215 Å². The predicted molar refractivity (Wildman–Crippen MR) is 136 cm³/mol. The molecular weight excluding hydrogens is 500 g/mol. The summed E-state index contributed by atoms with van der Waals surface area (Å²) in [4.78, 5) is 31.5. The van der Waals surface area contributed by atoms with Gasteiger partial charge in [0.15, 0.2) is 5.13 Å². The Hall–Kier alpha value is -4.53. The summed E-state index contributed by atoms with van der Waals surface area (Å²) in [5, 5.41) is 16.9. The minimum Gasteiger partial charge on any atom is -0.347 e. The fraction of sp³-hybridized carbons (Fsp3) is 0.0833. The Bertz CT molecular complexity index is 1560. The molecule has 4 aromatic heterocycles. The highest BCUT2D eigenvalue weighted by Crippen LogP contribution is 2.34. The van der Waals surface area contributed by atoms with Crippen molar-refractivity contribution in [3.8, 4) is 22.3 Å². The van der Waals surface area contributed by atoms with Gasteiger partial charge in [0.05, 0.1) is 11.6 Å². The van der Waals surface area contributed by atoms with Crippen LogP contribution >= 0.6 is 22.9 Å². The molecule has 1 N–H and O–H groups in total. The van der Waals surface area contributed by atoms with Gasteiger partial charge in [-0.05, 0) is 48.0 Å². The van der Waals surface area contributed by atoms with E-state index >= 15 is 0 Å². The highest BCUT2D eigenvalue weighted by atomic mass is 35.5. The summed E-state index contributed by atoms with van der Waals surface area (Å²) >= 11 is 6.47. The average Bonchev–Trinajstić information content (AvgIpc) is 3.66. The van der Waals surface area contributed by atoms with E-state index in [4.69, 9.17) is 16.9 Å². The number of nitrogens with one attached hydrogen (secondary N) is 1. The van der Waals surface area contributed by atoms with Crippen LogP contribution in [0.25, 0.3) is 16.3 Å². The Morgan fingerprint density at radius 2 is 1.78 bits per heavy atom. The molecule has 12 heteroatoms. The lowest BCUT2D eigenvalue weighted by Crippen LogP contribution is -2.15. The highest BCUT2D eigenvalue weighted by Gasteiger charge is 2.18. The summed E-state index contributed by atoms with van der Waals surface area (Å²) in [6.07, 6.45) is 6.57. The fourth-order valence-corrected chi connectivity index (χ4v) is 4.39. The van der Waals surface area contributed by atoms with Crippen LogP contribution in [0.15, 0.2) is 73.6 Å². The van der Waals surface area contributed by atoms with E-state index in [1.165, 1.54) is 17.7 Å². The summed E-state index contributed by atoms with van der Waals surface area (Å²) in [6.45, 7) is 0. The Morgan fingerprint density at radius 1 is 1.06 bits per heavy atom. The van der Waals surface area contributed by atoms with Gasteiger partial charge in [0.1, 0.15) is 34.7 Å². The topological polar surface area (TPSA) is 123 Å². The van der Waals surface area contributed by atoms with E-state index in [0.717, 1.165) is 5.56 Å². The van der Waals surface area contributed by atoms with E-state index in [9.17, 15) is 9.59 Å². The third-order valence-corrected chi connectivity index (χ3v) is 6.20. The van der Waals surface area contributed by atoms with Gasteiger partial charge in [0, 0.05) is 32.1 Å². The van der Waals surface area contributed by atoms with Gasteiger partial charge in [0.25, 0.3) is 11.1 Å². The molecule has 1 amide bonds. The molecule has 0 aliphatic carbocycles. The molecule has 0 bridgehead atoms. The SMILES string of the molecule is Cn1cccc1C(=O)Cl.Cn1cccc1C(=O)Nc1nc(-c2cccc(C#N)c2)c(-n2cncn2)s1. The van der Waals surface area contributed by atoms with Crippen LogP contribution in [-0.4, -0.2) is 40.0 Å². The zero-order valence-electron chi connectivity index (χ0n) is 19.2. The number of amides is 1. The monoisotopic (exact) mass is 518 g/mol. The molecule has 0 saturated carbocycles. The molecule has 0 aliphatic heterocycles. The quantitative estimate of drug-likeness (QED) is 0.347. The van der Waals surface area contributed by atoms with Crippen molar-refractivity contribution in [3.63, 3.8) is 0 Å². The van der Waals surface area contributed by atoms with Gasteiger partial charge in [0.2, 0.25) is 0 Å². The van der Waals surface area contributed by atoms with Crippen molar-refractivity contribution in [1.82, 2.24) is 28.9 Å². The van der Waals surface area contributed by atoms with Crippen molar-refractivity contribution >= 4 is 39.2 Å². The van der Waals surface area contributed by atoms with E-state index in [1.54, 1.807) is 89.1 Å². The second kappa shape index (κ2) is 10.8. The van der Waals surface area contributed by atoms with Crippen LogP contribution in [0.5, 0.6) is 0 Å². The van der Waals surface area contributed by atoms with Crippen molar-refractivity contribution < 1.29 is 9.59 Å². The van der Waals surface area contributed by atoms with Crippen LogP contribution in [0.1, 0.15) is 26.5 Å². The van der Waals surface area contributed by atoms with Gasteiger partial charge in [-0.15, -0.1) is 0 Å². The molecule has 36 heavy (non-hydrogen) atoms. The Kier molecular flexibility index (Phi) is 7.39. The van der Waals surface area contributed by atoms with E-state index in [1.807, 2.05) is 6.07 Å². The number of hydrogen-bond acceptors (Lipinski definition) is 7. The summed E-state index contributed by atoms with van der Waals surface area (Å²) in [5.74, 6) is -0.251. The largest absolute Gasteiger partial charge is 0.347 e. The number of anilines is 1. The number of hydrogen-bond donors (Lipinski definition) is 1. The first kappa shape index (κ1) is 24.6. The molecule has 0 atom stereocenters. The van der Waals surface area contributed by atoms with Gasteiger partial charge in [-0.3, -0.25) is 14.9 Å². The van der Waals surface area contributed by atoms with Crippen LogP contribution < -0.4 is 5.32 Å². The lowest BCUT2D eigenvalue weighted by Gasteiger charge is -2.02. The molecule has 0 unspecified atom stereocenters. The van der Waals surface area contributed by atoms with Crippen LogP contribution in [0.4, 0.5) is 5.13 Å². The normalized spacial score (nSPS) is 10.3. The number of thiazole rings is 1. The van der Waals surface area contributed by atoms with E-state index in [2.05, 4.69) is 26.5 Å². The summed E-state index contributed by atoms with van der Waals surface area (Å²) in [6, 6.07) is 16.2. The van der Waals surface area contributed by atoms with Crippen molar-refractivity contribution in [2.75, 3.05) is 5.32 Å². The summed E-state index contributed by atoms with van der Waals surface area (Å²) < 4.78 is 5.00. The molecule has 0 spiro atoms. The smallest absolute Gasteiger partial charge is 0.274 e. The van der Waals surface area contributed by atoms with Gasteiger partial charge < -0.3 is 9.13 Å². The number of nitriles is 1. The van der Waals surface area contributed by atoms with Crippen LogP contribution in [-0.2, 0) is 14.1 Å². The first-order valence-electron chi connectivity index (χ1n) is 10.5. The van der Waals surface area contributed by atoms with Crippen LogP contribution in [0, 0.1) is 11.3 Å². The van der Waals surface area contributed by atoms with Crippen molar-refractivity contribution in [2.45, 2.75) is 0 Å². The number of carbonyl (C=O) groups is 2. The molecule has 180 valence electrons. The van der Waals surface area contributed by atoms with Crippen molar-refractivity contribution in [1.29, 1.82) is 5.26 Å². The number of aryl methyl sites for hydroxylation is 2. The first-order chi connectivity index (χ1) is 17.4. The number of nitrogens with zero attached hydrogens (tertiary/aromatic N) is 7. The molecule has 0 aliphatic rings. The first-order valence-corrected chi connectivity index (χ1v) is 11.7. The molecule has 5 aromatic rings. The Balaban J connectivity index is 0.000000286. The van der Waals surface area contributed by atoms with Crippen LogP contribution in [0.2, 0.25) is 0 Å². The lowest BCUT2D eigenvalue weighted by atomic mass is 10.1. The minimum absolute atomic E-state index is 0.251. The summed E-state index contributed by atoms with van der Waals surface area (Å²) in [7, 11) is 3.58. The standard InChI is InChI=1S/C18H13N7OS.C6H6ClNO/c1-24-7-3-6-14(24)16(26)23-18-22-15(13-5-2-4-12(8-13)9-19)17(27-18)25-11-20-10-21-25;1-8-4-2-3-5(8)6(7)9/h2-8,10-11H,1H3,(H,22,23,26);2-4H,1H3. The number of benzene rings is 1. The van der Waals surface area contributed by atoms with Crippen molar-refractivity contribution in [3.05, 3.63) is 90.5 Å². The van der Waals surface area contributed by atoms with Gasteiger partial charge in [-0.25, -0.2) is 14.6 Å². The third-order valence-electron chi connectivity index (χ3n) is 5.04. The zero-order chi connectivity index (χ0) is 25.7. The molecule has 10 nitrogen and oxygen atoms in total. The van der Waals surface area contributed by atoms with Gasteiger partial charge >= 0.3 is 0 Å². The summed E-state index contributed by atoms with van der Waals surface area (Å²) in [5.41, 5.74) is 2.96. The van der Waals surface area contributed by atoms with Gasteiger partial charge in [-0.1, -0.05) is 23.5 Å². The second-order valence-corrected chi connectivity index (χ2v) is 8.76. The van der Waals surface area contributed by atoms with Crippen LogP contribution in [0.3, 0.4) is 0 Å². The van der Waals surface area contributed by atoms with E-state index in [0.29, 0.717) is 32.8 Å². The maximum Gasteiger partial charge on any atom is 0.274 e. The number of carbonyl (C=O) groups excluding carboxylic acids is 2. The number of halogens is 1. The van der Waals surface area contributed by atoms with E-state index < -0.39 is 5.24 Å². The number of aromatic nitrogens is 6.